The van der Waals surface area contributed by atoms with Crippen LogP contribution in [0.3, 0.4) is 0 Å². The maximum absolute atomic E-state index is 14.5. The second kappa shape index (κ2) is 10.1. The molecule has 0 saturated heterocycles. The van der Waals surface area contributed by atoms with Crippen LogP contribution in [-0.4, -0.2) is 12.5 Å². The smallest absolute Gasteiger partial charge is 0.251 e. The Morgan fingerprint density at radius 3 is 2.18 bits per heavy atom. The summed E-state index contributed by atoms with van der Waals surface area (Å²) in [5, 5.41) is 0. The molecule has 28 heavy (non-hydrogen) atoms. The minimum Gasteiger partial charge on any atom is -0.493 e. The number of rotatable bonds is 8. The zero-order valence-electron chi connectivity index (χ0n) is 17.8. The van der Waals surface area contributed by atoms with Crippen LogP contribution in [0, 0.1) is 23.7 Å². The molecule has 0 spiro atoms. The first-order valence-electron chi connectivity index (χ1n) is 11.6. The number of alkyl halides is 2. The molecule has 2 fully saturated rings. The molecule has 0 N–H and O–H groups in total. The van der Waals surface area contributed by atoms with E-state index in [1.807, 2.05) is 6.92 Å². The summed E-state index contributed by atoms with van der Waals surface area (Å²) in [5.41, 5.74) is 1.36. The molecule has 1 aromatic rings. The standard InChI is InChI=1S/C25H38F2O/c1-3-5-19-9-15-24(16-10-19)28-18-20-7-11-21(12-8-20)22-13-14-23(6-4-2)25(26,27)17-22/h9-10,15-16,20-23H,3-8,11-14,17-18H2,1-2H3. The number of hydrogen-bond donors (Lipinski definition) is 0. The van der Waals surface area contributed by atoms with Gasteiger partial charge in [-0.3, -0.25) is 0 Å². The van der Waals surface area contributed by atoms with Crippen LogP contribution in [-0.2, 0) is 6.42 Å². The van der Waals surface area contributed by atoms with E-state index in [1.54, 1.807) is 0 Å². The SMILES string of the molecule is CCCc1ccc(OCC2CCC(C3CCC(CCC)C(F)(F)C3)CC2)cc1. The monoisotopic (exact) mass is 392 g/mol. The second-order valence-electron chi connectivity index (χ2n) is 9.27. The molecule has 0 heterocycles. The molecule has 2 atom stereocenters. The van der Waals surface area contributed by atoms with Gasteiger partial charge in [-0.2, -0.15) is 0 Å². The number of benzene rings is 1. The van der Waals surface area contributed by atoms with Gasteiger partial charge in [0.2, 0.25) is 0 Å². The average molecular weight is 393 g/mol. The summed E-state index contributed by atoms with van der Waals surface area (Å²) in [6.45, 7) is 4.98. The molecule has 2 saturated carbocycles. The summed E-state index contributed by atoms with van der Waals surface area (Å²) in [6, 6.07) is 8.47. The van der Waals surface area contributed by atoms with Gasteiger partial charge in [0.1, 0.15) is 5.75 Å². The lowest BCUT2D eigenvalue weighted by Gasteiger charge is -2.41. The highest BCUT2D eigenvalue weighted by molar-refractivity contribution is 5.27. The lowest BCUT2D eigenvalue weighted by Crippen LogP contribution is -2.39. The van der Waals surface area contributed by atoms with Crippen molar-refractivity contribution >= 4 is 0 Å². The Morgan fingerprint density at radius 2 is 1.57 bits per heavy atom. The second-order valence-corrected chi connectivity index (χ2v) is 9.27. The highest BCUT2D eigenvalue weighted by Gasteiger charge is 2.46. The zero-order valence-corrected chi connectivity index (χ0v) is 17.8. The normalized spacial score (nSPS) is 30.1. The highest BCUT2D eigenvalue weighted by atomic mass is 19.3. The topological polar surface area (TPSA) is 9.23 Å². The fourth-order valence-electron chi connectivity index (χ4n) is 5.43. The Bertz CT molecular complexity index is 575. The van der Waals surface area contributed by atoms with E-state index >= 15 is 0 Å². The molecule has 0 radical (unpaired) electrons. The van der Waals surface area contributed by atoms with Gasteiger partial charge in [0.05, 0.1) is 6.61 Å². The Kier molecular flexibility index (Phi) is 7.77. The summed E-state index contributed by atoms with van der Waals surface area (Å²) in [7, 11) is 0. The Morgan fingerprint density at radius 1 is 0.893 bits per heavy atom. The van der Waals surface area contributed by atoms with Gasteiger partial charge < -0.3 is 4.74 Å². The molecule has 3 heteroatoms. The molecule has 2 aliphatic rings. The lowest BCUT2D eigenvalue weighted by atomic mass is 9.67. The molecular formula is C25H38F2O. The predicted molar refractivity (Wildman–Crippen MR) is 112 cm³/mol. The van der Waals surface area contributed by atoms with Crippen molar-refractivity contribution in [2.75, 3.05) is 6.61 Å². The first kappa shape index (κ1) is 21.6. The predicted octanol–water partition coefficient (Wildman–Crippen LogP) is 7.68. The van der Waals surface area contributed by atoms with Crippen LogP contribution in [0.2, 0.25) is 0 Å². The average Bonchev–Trinajstić information content (AvgIpc) is 2.69. The van der Waals surface area contributed by atoms with Crippen LogP contribution in [0.4, 0.5) is 8.78 Å². The van der Waals surface area contributed by atoms with Crippen molar-refractivity contribution in [3.05, 3.63) is 29.8 Å². The van der Waals surface area contributed by atoms with Gasteiger partial charge in [-0.1, -0.05) is 38.8 Å². The van der Waals surface area contributed by atoms with Gasteiger partial charge in [0.15, 0.2) is 0 Å². The van der Waals surface area contributed by atoms with E-state index in [0.29, 0.717) is 18.3 Å². The molecule has 2 unspecified atom stereocenters. The van der Waals surface area contributed by atoms with Crippen LogP contribution < -0.4 is 4.74 Å². The van der Waals surface area contributed by atoms with E-state index in [-0.39, 0.29) is 18.3 Å². The van der Waals surface area contributed by atoms with Gasteiger partial charge in [-0.05, 0) is 86.8 Å². The molecule has 2 aliphatic carbocycles. The fraction of sp³-hybridized carbons (Fsp3) is 0.760. The molecule has 0 amide bonds. The van der Waals surface area contributed by atoms with Gasteiger partial charge in [0, 0.05) is 12.3 Å². The molecular weight excluding hydrogens is 354 g/mol. The molecule has 0 aromatic heterocycles. The minimum atomic E-state index is -2.44. The third-order valence-electron chi connectivity index (χ3n) is 7.16. The van der Waals surface area contributed by atoms with E-state index in [2.05, 4.69) is 31.2 Å². The zero-order chi connectivity index (χ0) is 20.0. The summed E-state index contributed by atoms with van der Waals surface area (Å²) >= 11 is 0. The summed E-state index contributed by atoms with van der Waals surface area (Å²) in [4.78, 5) is 0. The van der Waals surface area contributed by atoms with E-state index in [1.165, 1.54) is 5.56 Å². The van der Waals surface area contributed by atoms with Crippen LogP contribution >= 0.6 is 0 Å². The van der Waals surface area contributed by atoms with Crippen LogP contribution in [0.25, 0.3) is 0 Å². The molecule has 0 bridgehead atoms. The first-order chi connectivity index (χ1) is 13.5. The summed E-state index contributed by atoms with van der Waals surface area (Å²) in [6.07, 6.45) is 10.1. The van der Waals surface area contributed by atoms with Gasteiger partial charge in [-0.25, -0.2) is 8.78 Å². The van der Waals surface area contributed by atoms with Crippen molar-refractivity contribution in [1.29, 1.82) is 0 Å². The van der Waals surface area contributed by atoms with E-state index < -0.39 is 5.92 Å². The van der Waals surface area contributed by atoms with Gasteiger partial charge >= 0.3 is 0 Å². The van der Waals surface area contributed by atoms with Crippen LogP contribution in [0.5, 0.6) is 5.75 Å². The quantitative estimate of drug-likeness (QED) is 0.441. The van der Waals surface area contributed by atoms with E-state index in [4.69, 9.17) is 4.74 Å². The first-order valence-corrected chi connectivity index (χ1v) is 11.6. The Hall–Kier alpha value is -1.12. The lowest BCUT2D eigenvalue weighted by molar-refractivity contribution is -0.115. The summed E-state index contributed by atoms with van der Waals surface area (Å²) < 4.78 is 35.0. The minimum absolute atomic E-state index is 0.133. The van der Waals surface area contributed by atoms with E-state index in [9.17, 15) is 8.78 Å². The van der Waals surface area contributed by atoms with E-state index in [0.717, 1.165) is 70.1 Å². The van der Waals surface area contributed by atoms with Gasteiger partial charge in [0.25, 0.3) is 5.92 Å². The summed E-state index contributed by atoms with van der Waals surface area (Å²) in [5.74, 6) is -0.557. The molecule has 1 aromatic carbocycles. The van der Waals surface area contributed by atoms with Crippen molar-refractivity contribution in [3.63, 3.8) is 0 Å². The number of aryl methyl sites for hydroxylation is 1. The third-order valence-corrected chi connectivity index (χ3v) is 7.16. The number of halogens is 2. The maximum atomic E-state index is 14.5. The highest BCUT2D eigenvalue weighted by Crippen LogP contribution is 2.48. The number of hydrogen-bond acceptors (Lipinski definition) is 1. The van der Waals surface area contributed by atoms with Crippen molar-refractivity contribution in [2.45, 2.75) is 90.4 Å². The van der Waals surface area contributed by atoms with Gasteiger partial charge in [-0.15, -0.1) is 0 Å². The van der Waals surface area contributed by atoms with Crippen molar-refractivity contribution in [3.8, 4) is 5.75 Å². The van der Waals surface area contributed by atoms with Crippen molar-refractivity contribution in [2.24, 2.45) is 23.7 Å². The fourth-order valence-corrected chi connectivity index (χ4v) is 5.43. The largest absolute Gasteiger partial charge is 0.493 e. The Labute approximate surface area is 170 Å². The third kappa shape index (κ3) is 5.70. The molecule has 158 valence electrons. The maximum Gasteiger partial charge on any atom is 0.251 e. The molecule has 3 rings (SSSR count). The number of ether oxygens (including phenoxy) is 1. The van der Waals surface area contributed by atoms with Crippen molar-refractivity contribution in [1.82, 2.24) is 0 Å². The molecule has 1 nitrogen and oxygen atoms in total. The Balaban J connectivity index is 1.41. The molecule has 0 aliphatic heterocycles. The van der Waals surface area contributed by atoms with Crippen LogP contribution in [0.15, 0.2) is 24.3 Å². The van der Waals surface area contributed by atoms with Crippen molar-refractivity contribution < 1.29 is 13.5 Å². The van der Waals surface area contributed by atoms with Crippen LogP contribution in [0.1, 0.15) is 83.6 Å².